The summed E-state index contributed by atoms with van der Waals surface area (Å²) in [7, 11) is 0. The molecule has 14 heavy (non-hydrogen) atoms. The topological polar surface area (TPSA) is 17.3 Å². The van der Waals surface area contributed by atoms with Crippen molar-refractivity contribution in [3.63, 3.8) is 0 Å². The van der Waals surface area contributed by atoms with Crippen molar-refractivity contribution in [3.8, 4) is 0 Å². The Morgan fingerprint density at radius 2 is 2.21 bits per heavy atom. The molecule has 3 heteroatoms. The maximum absolute atomic E-state index is 6.15. The third-order valence-electron chi connectivity index (χ3n) is 3.00. The summed E-state index contributed by atoms with van der Waals surface area (Å²) in [6.07, 6.45) is 5.73. The molecule has 0 aromatic carbocycles. The highest BCUT2D eigenvalue weighted by molar-refractivity contribution is 6.29. The van der Waals surface area contributed by atoms with Crippen molar-refractivity contribution >= 4 is 17.1 Å². The molecule has 0 bridgehead atoms. The maximum Gasteiger partial charge on any atom is 0.117 e. The number of halogens is 1. The van der Waals surface area contributed by atoms with Crippen LogP contribution in [0.2, 0.25) is 5.15 Å². The summed E-state index contributed by atoms with van der Waals surface area (Å²) in [4.78, 5) is 4.46. The molecule has 72 valence electrons. The highest BCUT2D eigenvalue weighted by atomic mass is 35.5. The van der Waals surface area contributed by atoms with Crippen LogP contribution in [0.15, 0.2) is 24.4 Å². The van der Waals surface area contributed by atoms with Crippen molar-refractivity contribution < 1.29 is 0 Å². The molecule has 1 aliphatic carbocycles. The SMILES string of the molecule is Clc1cccc2cnc(C3CCC3)n12. The molecule has 2 aromatic rings. The third kappa shape index (κ3) is 1.07. The first-order chi connectivity index (χ1) is 6.86. The first kappa shape index (κ1) is 8.30. The molecule has 2 heterocycles. The Morgan fingerprint density at radius 3 is 2.93 bits per heavy atom. The summed E-state index contributed by atoms with van der Waals surface area (Å²) in [6, 6.07) is 5.92. The van der Waals surface area contributed by atoms with Crippen molar-refractivity contribution in [3.05, 3.63) is 35.4 Å². The van der Waals surface area contributed by atoms with Crippen molar-refractivity contribution in [2.24, 2.45) is 0 Å². The van der Waals surface area contributed by atoms with Crippen LogP contribution in [0.4, 0.5) is 0 Å². The highest BCUT2D eigenvalue weighted by Crippen LogP contribution is 2.36. The van der Waals surface area contributed by atoms with Crippen molar-refractivity contribution in [1.82, 2.24) is 9.38 Å². The third-order valence-corrected chi connectivity index (χ3v) is 3.30. The second kappa shape index (κ2) is 2.99. The van der Waals surface area contributed by atoms with Gasteiger partial charge < -0.3 is 0 Å². The monoisotopic (exact) mass is 206 g/mol. The Labute approximate surface area is 87.5 Å². The molecule has 0 atom stereocenters. The second-order valence-corrected chi connectivity index (χ2v) is 4.24. The Kier molecular flexibility index (Phi) is 1.77. The van der Waals surface area contributed by atoms with Crippen LogP contribution >= 0.6 is 11.6 Å². The maximum atomic E-state index is 6.15. The molecular weight excluding hydrogens is 196 g/mol. The van der Waals surface area contributed by atoms with Crippen LogP contribution in [0, 0.1) is 0 Å². The molecule has 1 fully saturated rings. The van der Waals surface area contributed by atoms with E-state index >= 15 is 0 Å². The Hall–Kier alpha value is -1.02. The van der Waals surface area contributed by atoms with E-state index in [1.54, 1.807) is 0 Å². The van der Waals surface area contributed by atoms with Gasteiger partial charge >= 0.3 is 0 Å². The molecule has 2 aromatic heterocycles. The molecule has 2 nitrogen and oxygen atoms in total. The van der Waals surface area contributed by atoms with Crippen LogP contribution in [0.1, 0.15) is 31.0 Å². The van der Waals surface area contributed by atoms with E-state index in [2.05, 4.69) is 9.38 Å². The lowest BCUT2D eigenvalue weighted by Crippen LogP contribution is -2.12. The number of rotatable bonds is 1. The van der Waals surface area contributed by atoms with Gasteiger partial charge in [0.1, 0.15) is 11.0 Å². The lowest BCUT2D eigenvalue weighted by Gasteiger charge is -2.24. The van der Waals surface area contributed by atoms with E-state index in [0.717, 1.165) is 16.5 Å². The van der Waals surface area contributed by atoms with Crippen LogP contribution in [-0.4, -0.2) is 9.38 Å². The average Bonchev–Trinajstić information content (AvgIpc) is 2.47. The van der Waals surface area contributed by atoms with E-state index in [9.17, 15) is 0 Å². The van der Waals surface area contributed by atoms with E-state index in [-0.39, 0.29) is 0 Å². The fourth-order valence-corrected chi connectivity index (χ4v) is 2.24. The van der Waals surface area contributed by atoms with Gasteiger partial charge in [-0.1, -0.05) is 24.1 Å². The van der Waals surface area contributed by atoms with Gasteiger partial charge in [-0.25, -0.2) is 4.98 Å². The van der Waals surface area contributed by atoms with Gasteiger partial charge in [0, 0.05) is 5.92 Å². The highest BCUT2D eigenvalue weighted by Gasteiger charge is 2.24. The number of imidazole rings is 1. The quantitative estimate of drug-likeness (QED) is 0.655. The van der Waals surface area contributed by atoms with Gasteiger partial charge in [-0.3, -0.25) is 4.40 Å². The van der Waals surface area contributed by atoms with Crippen LogP contribution in [0.5, 0.6) is 0 Å². The molecule has 1 aliphatic rings. The van der Waals surface area contributed by atoms with Crippen LogP contribution in [0.3, 0.4) is 0 Å². The van der Waals surface area contributed by atoms with Gasteiger partial charge in [0.25, 0.3) is 0 Å². The van der Waals surface area contributed by atoms with Gasteiger partial charge in [-0.2, -0.15) is 0 Å². The number of nitrogens with zero attached hydrogens (tertiary/aromatic N) is 2. The predicted molar refractivity (Wildman–Crippen MR) is 56.8 cm³/mol. The zero-order valence-corrected chi connectivity index (χ0v) is 8.54. The fourth-order valence-electron chi connectivity index (χ4n) is 1.99. The first-order valence-electron chi connectivity index (χ1n) is 4.98. The minimum absolute atomic E-state index is 0.623. The summed E-state index contributed by atoms with van der Waals surface area (Å²) < 4.78 is 2.06. The normalized spacial score (nSPS) is 17.2. The molecule has 0 unspecified atom stereocenters. The largest absolute Gasteiger partial charge is 0.287 e. The summed E-state index contributed by atoms with van der Waals surface area (Å²) in [5, 5.41) is 0.766. The summed E-state index contributed by atoms with van der Waals surface area (Å²) >= 11 is 6.15. The van der Waals surface area contributed by atoms with Crippen molar-refractivity contribution in [2.75, 3.05) is 0 Å². The van der Waals surface area contributed by atoms with E-state index in [1.165, 1.54) is 19.3 Å². The van der Waals surface area contributed by atoms with Gasteiger partial charge in [-0.15, -0.1) is 0 Å². The fraction of sp³-hybridized carbons (Fsp3) is 0.364. The number of fused-ring (bicyclic) bond motifs is 1. The zero-order valence-electron chi connectivity index (χ0n) is 7.78. The lowest BCUT2D eigenvalue weighted by atomic mass is 9.85. The molecule has 0 saturated heterocycles. The molecule has 0 aliphatic heterocycles. The van der Waals surface area contributed by atoms with Gasteiger partial charge in [-0.05, 0) is 25.0 Å². The molecule has 0 N–H and O–H groups in total. The van der Waals surface area contributed by atoms with Gasteiger partial charge in [0.2, 0.25) is 0 Å². The molecule has 1 saturated carbocycles. The molecule has 3 rings (SSSR count). The Balaban J connectivity index is 2.23. The van der Waals surface area contributed by atoms with Gasteiger partial charge in [0.15, 0.2) is 0 Å². The van der Waals surface area contributed by atoms with Gasteiger partial charge in [0.05, 0.1) is 11.7 Å². The summed E-state index contributed by atoms with van der Waals surface area (Å²) in [6.45, 7) is 0. The zero-order chi connectivity index (χ0) is 9.54. The molecule has 0 amide bonds. The van der Waals surface area contributed by atoms with Crippen molar-refractivity contribution in [1.29, 1.82) is 0 Å². The number of hydrogen-bond acceptors (Lipinski definition) is 1. The molecule has 0 spiro atoms. The number of aromatic nitrogens is 2. The van der Waals surface area contributed by atoms with E-state index in [4.69, 9.17) is 11.6 Å². The number of hydrogen-bond donors (Lipinski definition) is 0. The number of pyridine rings is 1. The first-order valence-corrected chi connectivity index (χ1v) is 5.36. The Morgan fingerprint density at radius 1 is 1.36 bits per heavy atom. The molecule has 0 radical (unpaired) electrons. The van der Waals surface area contributed by atoms with Crippen LogP contribution < -0.4 is 0 Å². The van der Waals surface area contributed by atoms with E-state index in [0.29, 0.717) is 5.92 Å². The smallest absolute Gasteiger partial charge is 0.117 e. The standard InChI is InChI=1S/C11H11ClN2/c12-10-6-2-5-9-7-13-11(14(9)10)8-3-1-4-8/h2,5-8H,1,3-4H2. The van der Waals surface area contributed by atoms with Crippen molar-refractivity contribution in [2.45, 2.75) is 25.2 Å². The lowest BCUT2D eigenvalue weighted by molar-refractivity contribution is 0.400. The average molecular weight is 207 g/mol. The second-order valence-electron chi connectivity index (χ2n) is 3.85. The summed E-state index contributed by atoms with van der Waals surface area (Å²) in [5.74, 6) is 1.76. The van der Waals surface area contributed by atoms with E-state index < -0.39 is 0 Å². The predicted octanol–water partition coefficient (Wildman–Crippen LogP) is 3.26. The minimum Gasteiger partial charge on any atom is -0.287 e. The van der Waals surface area contributed by atoms with Crippen LogP contribution in [-0.2, 0) is 0 Å². The minimum atomic E-state index is 0.623. The van der Waals surface area contributed by atoms with E-state index in [1.807, 2.05) is 24.4 Å². The Bertz CT molecular complexity index is 471. The molecular formula is C11H11ClN2. The summed E-state index contributed by atoms with van der Waals surface area (Å²) in [5.41, 5.74) is 1.10. The van der Waals surface area contributed by atoms with Crippen LogP contribution in [0.25, 0.3) is 5.52 Å².